The molecule has 1 rings (SSSR count). The molecule has 142 valence electrons. The molecule has 0 aliphatic carbocycles. The van der Waals surface area contributed by atoms with Gasteiger partial charge in [0.1, 0.15) is 6.10 Å². The molecular weight excluding hydrogens is 326 g/mol. The van der Waals surface area contributed by atoms with Gasteiger partial charge in [-0.2, -0.15) is 0 Å². The van der Waals surface area contributed by atoms with Crippen LogP contribution in [0, 0.1) is 22.0 Å². The fourth-order valence-electron chi connectivity index (χ4n) is 2.72. The highest BCUT2D eigenvalue weighted by Gasteiger charge is 2.27. The number of rotatable bonds is 12. The summed E-state index contributed by atoms with van der Waals surface area (Å²) in [5.74, 6) is 1.17. The van der Waals surface area contributed by atoms with Crippen molar-refractivity contribution in [3.05, 3.63) is 33.9 Å². The van der Waals surface area contributed by atoms with Crippen LogP contribution in [0.2, 0.25) is 0 Å². The van der Waals surface area contributed by atoms with Gasteiger partial charge >= 0.3 is 0 Å². The van der Waals surface area contributed by atoms with Crippen molar-refractivity contribution in [2.45, 2.75) is 32.8 Å². The second kappa shape index (κ2) is 10.9. The van der Waals surface area contributed by atoms with Crippen molar-refractivity contribution in [3.63, 3.8) is 0 Å². The Morgan fingerprint density at radius 1 is 1.20 bits per heavy atom. The van der Waals surface area contributed by atoms with Crippen LogP contribution in [0.4, 0.5) is 0 Å². The van der Waals surface area contributed by atoms with Gasteiger partial charge in [0.15, 0.2) is 11.5 Å². The summed E-state index contributed by atoms with van der Waals surface area (Å²) in [6.07, 6.45) is 0.314. The molecular formula is C18H29NO6. The van der Waals surface area contributed by atoms with E-state index in [4.69, 9.17) is 14.2 Å². The Morgan fingerprint density at radius 3 is 2.48 bits per heavy atom. The molecule has 1 aromatic rings. The highest BCUT2D eigenvalue weighted by atomic mass is 16.6. The lowest BCUT2D eigenvalue weighted by atomic mass is 9.84. The molecule has 0 saturated heterocycles. The molecule has 2 unspecified atom stereocenters. The monoisotopic (exact) mass is 355 g/mol. The molecule has 0 bridgehead atoms. The minimum Gasteiger partial charge on any atom is -0.493 e. The first-order valence-electron chi connectivity index (χ1n) is 8.47. The van der Waals surface area contributed by atoms with Gasteiger partial charge < -0.3 is 19.3 Å². The second-order valence-electron chi connectivity index (χ2n) is 6.37. The molecule has 1 aromatic carbocycles. The third-order valence-electron chi connectivity index (χ3n) is 4.14. The van der Waals surface area contributed by atoms with Crippen LogP contribution in [-0.4, -0.2) is 50.1 Å². The van der Waals surface area contributed by atoms with Gasteiger partial charge in [-0.15, -0.1) is 0 Å². The van der Waals surface area contributed by atoms with Crippen LogP contribution >= 0.6 is 0 Å². The normalized spacial score (nSPS) is 13.5. The Balaban J connectivity index is 2.86. The van der Waals surface area contributed by atoms with Crippen molar-refractivity contribution in [1.29, 1.82) is 0 Å². The lowest BCUT2D eigenvalue weighted by molar-refractivity contribution is -0.492. The van der Waals surface area contributed by atoms with Crippen LogP contribution in [0.3, 0.4) is 0 Å². The number of aliphatic hydroxyl groups excluding tert-OH is 1. The van der Waals surface area contributed by atoms with E-state index in [9.17, 15) is 15.2 Å². The maximum atomic E-state index is 10.7. The van der Waals surface area contributed by atoms with Crippen LogP contribution in [0.15, 0.2) is 18.2 Å². The van der Waals surface area contributed by atoms with Gasteiger partial charge in [0.05, 0.1) is 13.7 Å². The number of benzene rings is 1. The number of hydrogen-bond donors (Lipinski definition) is 1. The Labute approximate surface area is 149 Å². The van der Waals surface area contributed by atoms with Crippen molar-refractivity contribution in [3.8, 4) is 11.5 Å². The van der Waals surface area contributed by atoms with Gasteiger partial charge in [-0.3, -0.25) is 10.1 Å². The quantitative estimate of drug-likeness (QED) is 0.352. The highest BCUT2D eigenvalue weighted by molar-refractivity contribution is 5.43. The zero-order valence-electron chi connectivity index (χ0n) is 15.4. The second-order valence-corrected chi connectivity index (χ2v) is 6.37. The van der Waals surface area contributed by atoms with Crippen molar-refractivity contribution < 1.29 is 24.2 Å². The molecule has 7 nitrogen and oxygen atoms in total. The summed E-state index contributed by atoms with van der Waals surface area (Å²) in [7, 11) is 3.22. The lowest BCUT2D eigenvalue weighted by Crippen LogP contribution is -2.33. The molecule has 0 radical (unpaired) electrons. The average molecular weight is 355 g/mol. The van der Waals surface area contributed by atoms with Crippen molar-refractivity contribution in [2.75, 3.05) is 34.0 Å². The molecule has 0 aliphatic heterocycles. The standard InChI is InChI=1S/C18H29NO6/c1-13(2)15(16(20)12-19(21)22)10-14-6-7-17(24-4)18(11-14)25-9-5-8-23-3/h6-7,11,13,15-16,20H,5,8-10,12H2,1-4H3. The van der Waals surface area contributed by atoms with Crippen LogP contribution in [0.5, 0.6) is 11.5 Å². The predicted molar refractivity (Wildman–Crippen MR) is 94.9 cm³/mol. The first-order valence-corrected chi connectivity index (χ1v) is 8.47. The minimum absolute atomic E-state index is 0.114. The number of methoxy groups -OCH3 is 2. The maximum absolute atomic E-state index is 10.7. The number of nitro groups is 1. The van der Waals surface area contributed by atoms with Gasteiger partial charge in [-0.05, 0) is 36.0 Å². The number of aliphatic hydroxyl groups is 1. The molecule has 2 atom stereocenters. The third kappa shape index (κ3) is 7.27. The van der Waals surface area contributed by atoms with E-state index < -0.39 is 17.6 Å². The summed E-state index contributed by atoms with van der Waals surface area (Å²) in [4.78, 5) is 10.2. The van der Waals surface area contributed by atoms with Crippen molar-refractivity contribution in [2.24, 2.45) is 11.8 Å². The highest BCUT2D eigenvalue weighted by Crippen LogP contribution is 2.30. The summed E-state index contributed by atoms with van der Waals surface area (Å²) >= 11 is 0. The number of nitrogens with zero attached hydrogens (tertiary/aromatic N) is 1. The minimum atomic E-state index is -0.983. The van der Waals surface area contributed by atoms with Crippen molar-refractivity contribution in [1.82, 2.24) is 0 Å². The molecule has 1 N–H and O–H groups in total. The van der Waals surface area contributed by atoms with E-state index in [-0.39, 0.29) is 11.8 Å². The summed E-state index contributed by atoms with van der Waals surface area (Å²) in [5, 5.41) is 20.9. The van der Waals surface area contributed by atoms with Gasteiger partial charge in [0.25, 0.3) is 0 Å². The van der Waals surface area contributed by atoms with E-state index in [1.54, 1.807) is 14.2 Å². The van der Waals surface area contributed by atoms with Gasteiger partial charge in [0, 0.05) is 25.1 Å². The Bertz CT molecular complexity index is 534. The molecule has 25 heavy (non-hydrogen) atoms. The number of ether oxygens (including phenoxy) is 3. The molecule has 7 heteroatoms. The van der Waals surface area contributed by atoms with Crippen LogP contribution in [0.1, 0.15) is 25.8 Å². The summed E-state index contributed by atoms with van der Waals surface area (Å²) in [6, 6.07) is 5.59. The Hall–Kier alpha value is -1.86. The fourth-order valence-corrected chi connectivity index (χ4v) is 2.72. The first kappa shape index (κ1) is 21.2. The van der Waals surface area contributed by atoms with Gasteiger partial charge in [-0.1, -0.05) is 19.9 Å². The molecule has 0 heterocycles. The zero-order chi connectivity index (χ0) is 18.8. The van der Waals surface area contributed by atoms with E-state index >= 15 is 0 Å². The fraction of sp³-hybridized carbons (Fsp3) is 0.667. The predicted octanol–water partition coefficient (Wildman–Crippen LogP) is 2.56. The van der Waals surface area contributed by atoms with Gasteiger partial charge in [-0.25, -0.2) is 0 Å². The van der Waals surface area contributed by atoms with Crippen LogP contribution in [0.25, 0.3) is 0 Å². The summed E-state index contributed by atoms with van der Waals surface area (Å²) < 4.78 is 16.1. The van der Waals surface area contributed by atoms with E-state index in [0.29, 0.717) is 31.1 Å². The van der Waals surface area contributed by atoms with Crippen LogP contribution in [-0.2, 0) is 11.2 Å². The largest absolute Gasteiger partial charge is 0.493 e. The molecule has 0 aromatic heterocycles. The van der Waals surface area contributed by atoms with Gasteiger partial charge in [0.2, 0.25) is 6.54 Å². The van der Waals surface area contributed by atoms with E-state index in [2.05, 4.69) is 0 Å². The topological polar surface area (TPSA) is 91.1 Å². The average Bonchev–Trinajstić information content (AvgIpc) is 2.55. The maximum Gasteiger partial charge on any atom is 0.229 e. The molecule has 0 spiro atoms. The molecule has 0 aliphatic rings. The first-order chi connectivity index (χ1) is 11.9. The smallest absolute Gasteiger partial charge is 0.229 e. The molecule has 0 amide bonds. The Kier molecular flexibility index (Phi) is 9.23. The lowest BCUT2D eigenvalue weighted by Gasteiger charge is -2.24. The van der Waals surface area contributed by atoms with E-state index in [1.165, 1.54) is 0 Å². The Morgan fingerprint density at radius 2 is 1.92 bits per heavy atom. The molecule has 0 fully saturated rings. The molecule has 0 saturated carbocycles. The zero-order valence-corrected chi connectivity index (χ0v) is 15.4. The van der Waals surface area contributed by atoms with E-state index in [1.807, 2.05) is 32.0 Å². The van der Waals surface area contributed by atoms with Crippen molar-refractivity contribution >= 4 is 0 Å². The van der Waals surface area contributed by atoms with Crippen LogP contribution < -0.4 is 9.47 Å². The van der Waals surface area contributed by atoms with E-state index in [0.717, 1.165) is 12.0 Å². The SMILES string of the molecule is COCCCOc1cc(CC(C(C)C)C(O)C[N+](=O)[O-])ccc1OC. The summed E-state index contributed by atoms with van der Waals surface area (Å²) in [5.41, 5.74) is 0.948. The summed E-state index contributed by atoms with van der Waals surface area (Å²) in [6.45, 7) is 4.59. The third-order valence-corrected chi connectivity index (χ3v) is 4.14. The number of hydrogen-bond acceptors (Lipinski definition) is 6.